The number of amides is 1. The summed E-state index contributed by atoms with van der Waals surface area (Å²) in [5.74, 6) is 0.420. The molecular formula is C22H27N3O3. The van der Waals surface area contributed by atoms with Crippen LogP contribution < -0.4 is 0 Å². The van der Waals surface area contributed by atoms with Gasteiger partial charge in [-0.1, -0.05) is 18.2 Å². The molecule has 0 bridgehead atoms. The molecular weight excluding hydrogens is 354 g/mol. The first-order valence-electron chi connectivity index (χ1n) is 9.20. The lowest BCUT2D eigenvalue weighted by Gasteiger charge is -2.12. The predicted octanol–water partition coefficient (Wildman–Crippen LogP) is 3.68. The summed E-state index contributed by atoms with van der Waals surface area (Å²) in [7, 11) is 4.97. The van der Waals surface area contributed by atoms with Gasteiger partial charge in [-0.05, 0) is 43.6 Å². The van der Waals surface area contributed by atoms with Crippen molar-refractivity contribution in [2.45, 2.75) is 19.8 Å². The molecule has 0 saturated carbocycles. The van der Waals surface area contributed by atoms with Gasteiger partial charge in [0.05, 0.1) is 18.5 Å². The molecule has 0 aromatic heterocycles. The summed E-state index contributed by atoms with van der Waals surface area (Å²) in [4.78, 5) is 22.4. The van der Waals surface area contributed by atoms with Crippen LogP contribution in [0.5, 0.6) is 0 Å². The van der Waals surface area contributed by atoms with E-state index in [2.05, 4.69) is 11.1 Å². The van der Waals surface area contributed by atoms with Gasteiger partial charge in [0.25, 0.3) is 0 Å². The number of aliphatic hydroxyl groups excluding tert-OH is 1. The largest absolute Gasteiger partial charge is 0.507 e. The molecule has 1 aliphatic heterocycles. The topological polar surface area (TPSA) is 74.5 Å². The number of aliphatic hydroxyl groups is 1. The Morgan fingerprint density at radius 3 is 2.71 bits per heavy atom. The van der Waals surface area contributed by atoms with Gasteiger partial charge in [0.1, 0.15) is 11.5 Å². The smallest absolute Gasteiger partial charge is 0.250 e. The second-order valence-electron chi connectivity index (χ2n) is 6.25. The number of ether oxygens (including phenoxy) is 1. The zero-order valence-corrected chi connectivity index (χ0v) is 16.8. The Kier molecular flexibility index (Phi) is 7.75. The molecule has 0 atom stereocenters. The number of rotatable bonds is 6. The Balaban J connectivity index is 2.35. The summed E-state index contributed by atoms with van der Waals surface area (Å²) in [6.07, 6.45) is 15.9. The average molecular weight is 381 g/mol. The molecule has 6 nitrogen and oxygen atoms in total. The van der Waals surface area contributed by atoms with Crippen LogP contribution in [0.2, 0.25) is 0 Å². The maximum Gasteiger partial charge on any atom is 0.250 e. The molecule has 28 heavy (non-hydrogen) atoms. The molecule has 2 aliphatic rings. The van der Waals surface area contributed by atoms with Gasteiger partial charge in [0.15, 0.2) is 0 Å². The summed E-state index contributed by atoms with van der Waals surface area (Å²) in [5.41, 5.74) is 2.74. The van der Waals surface area contributed by atoms with Gasteiger partial charge in [-0.3, -0.25) is 9.79 Å². The van der Waals surface area contributed by atoms with Crippen molar-refractivity contribution >= 4 is 17.8 Å². The highest BCUT2D eigenvalue weighted by atomic mass is 16.5. The first-order valence-corrected chi connectivity index (χ1v) is 9.20. The Morgan fingerprint density at radius 2 is 2.04 bits per heavy atom. The summed E-state index contributed by atoms with van der Waals surface area (Å²) < 4.78 is 5.28. The van der Waals surface area contributed by atoms with Crippen LogP contribution >= 0.6 is 0 Å². The van der Waals surface area contributed by atoms with Gasteiger partial charge in [-0.25, -0.2) is 4.99 Å². The lowest BCUT2D eigenvalue weighted by atomic mass is 10.1. The van der Waals surface area contributed by atoms with Gasteiger partial charge < -0.3 is 14.7 Å². The van der Waals surface area contributed by atoms with Crippen LogP contribution in [0.4, 0.5) is 0 Å². The van der Waals surface area contributed by atoms with E-state index >= 15 is 0 Å². The van der Waals surface area contributed by atoms with Gasteiger partial charge in [-0.2, -0.15) is 0 Å². The molecule has 148 valence electrons. The quantitative estimate of drug-likeness (QED) is 0.433. The van der Waals surface area contributed by atoms with Crippen LogP contribution in [0, 0.1) is 0 Å². The monoisotopic (exact) mass is 381 g/mol. The molecule has 1 amide bonds. The molecule has 1 aliphatic carbocycles. The van der Waals surface area contributed by atoms with Crippen molar-refractivity contribution in [1.29, 1.82) is 0 Å². The molecule has 0 unspecified atom stereocenters. The highest BCUT2D eigenvalue weighted by Crippen LogP contribution is 2.24. The molecule has 0 radical (unpaired) electrons. The molecule has 0 spiro atoms. The van der Waals surface area contributed by atoms with Gasteiger partial charge >= 0.3 is 0 Å². The molecule has 0 aromatic carbocycles. The van der Waals surface area contributed by atoms with Crippen molar-refractivity contribution in [2.24, 2.45) is 9.98 Å². The van der Waals surface area contributed by atoms with E-state index in [1.807, 2.05) is 37.3 Å². The molecule has 6 heteroatoms. The SMILES string of the molecule is CCN(C)C(=O)/C=C(\O)C1=CCC=C(C2=CCC=C(OC)C=C2)N=C1/C=N\C. The zero-order valence-electron chi connectivity index (χ0n) is 16.8. The van der Waals surface area contributed by atoms with E-state index < -0.39 is 0 Å². The van der Waals surface area contributed by atoms with Crippen LogP contribution in [-0.2, 0) is 9.53 Å². The first kappa shape index (κ1) is 21.2. The highest BCUT2D eigenvalue weighted by molar-refractivity contribution is 6.39. The van der Waals surface area contributed by atoms with Gasteiger partial charge in [-0.15, -0.1) is 0 Å². The van der Waals surface area contributed by atoms with E-state index in [9.17, 15) is 9.90 Å². The van der Waals surface area contributed by atoms with Gasteiger partial charge in [0.2, 0.25) is 5.91 Å². The van der Waals surface area contributed by atoms with E-state index in [4.69, 9.17) is 9.73 Å². The van der Waals surface area contributed by atoms with E-state index in [0.29, 0.717) is 24.3 Å². The number of likely N-dealkylation sites (N-methyl/N-ethyl adjacent to an activating group) is 1. The fraction of sp³-hybridized carbons (Fsp3) is 0.318. The van der Waals surface area contributed by atoms with Crippen LogP contribution in [0.1, 0.15) is 19.8 Å². The number of allylic oxidation sites excluding steroid dienone is 7. The molecule has 0 fully saturated rings. The normalized spacial score (nSPS) is 17.7. The average Bonchev–Trinajstić information content (AvgIpc) is 3.05. The predicted molar refractivity (Wildman–Crippen MR) is 114 cm³/mol. The van der Waals surface area contributed by atoms with Crippen molar-refractivity contribution in [3.63, 3.8) is 0 Å². The number of carbonyl (C=O) groups excluding carboxylic acids is 1. The standard InChI is InChI=1S/C22H27N3O3/c1-5-25(3)22(27)14-21(26)18-10-7-11-19(24-20(18)15-23-2)16-8-6-9-17(28-4)13-12-16/h8-15,26H,5-7H2,1-4H3/b21-14-,23-15-. The van der Waals surface area contributed by atoms with Crippen molar-refractivity contribution < 1.29 is 14.6 Å². The summed E-state index contributed by atoms with van der Waals surface area (Å²) in [5, 5.41) is 10.5. The minimum atomic E-state index is -0.265. The van der Waals surface area contributed by atoms with E-state index in [1.165, 1.54) is 11.0 Å². The third-order valence-electron chi connectivity index (χ3n) is 4.40. The van der Waals surface area contributed by atoms with Crippen molar-refractivity contribution in [3.05, 3.63) is 70.9 Å². The summed E-state index contributed by atoms with van der Waals surface area (Å²) >= 11 is 0. The van der Waals surface area contributed by atoms with Crippen molar-refractivity contribution in [1.82, 2.24) is 4.90 Å². The van der Waals surface area contributed by atoms with Crippen LogP contribution in [0.15, 0.2) is 80.9 Å². The van der Waals surface area contributed by atoms with E-state index in [1.54, 1.807) is 27.4 Å². The van der Waals surface area contributed by atoms with Crippen LogP contribution in [-0.4, -0.2) is 55.6 Å². The lowest BCUT2D eigenvalue weighted by Crippen LogP contribution is -2.25. The summed E-state index contributed by atoms with van der Waals surface area (Å²) in [6, 6.07) is 0. The van der Waals surface area contributed by atoms with Crippen molar-refractivity contribution in [2.75, 3.05) is 27.7 Å². The van der Waals surface area contributed by atoms with Crippen LogP contribution in [0.25, 0.3) is 0 Å². The minimum Gasteiger partial charge on any atom is -0.507 e. The fourth-order valence-electron chi connectivity index (χ4n) is 2.68. The number of nitrogens with zero attached hydrogens (tertiary/aromatic N) is 3. The Bertz CT molecular complexity index is 852. The second-order valence-corrected chi connectivity index (χ2v) is 6.25. The third-order valence-corrected chi connectivity index (χ3v) is 4.40. The first-order chi connectivity index (χ1) is 13.5. The van der Waals surface area contributed by atoms with Crippen molar-refractivity contribution in [3.8, 4) is 0 Å². The number of methoxy groups -OCH3 is 1. The molecule has 1 heterocycles. The number of hydrogen-bond donors (Lipinski definition) is 1. The molecule has 2 rings (SSSR count). The molecule has 1 N–H and O–H groups in total. The maximum atomic E-state index is 12.1. The van der Waals surface area contributed by atoms with Crippen LogP contribution in [0.3, 0.4) is 0 Å². The van der Waals surface area contributed by atoms with E-state index in [-0.39, 0.29) is 11.7 Å². The highest BCUT2D eigenvalue weighted by Gasteiger charge is 2.16. The zero-order chi connectivity index (χ0) is 20.5. The second kappa shape index (κ2) is 10.3. The van der Waals surface area contributed by atoms with E-state index in [0.717, 1.165) is 23.5 Å². The molecule has 0 saturated heterocycles. The fourth-order valence-corrected chi connectivity index (χ4v) is 2.68. The Labute approximate surface area is 166 Å². The number of hydrogen-bond acceptors (Lipinski definition) is 5. The number of aliphatic imine (C=N–C) groups is 2. The minimum absolute atomic E-state index is 0.118. The lowest BCUT2D eigenvalue weighted by molar-refractivity contribution is -0.124. The Hall–Kier alpha value is -3.15. The summed E-state index contributed by atoms with van der Waals surface area (Å²) in [6.45, 7) is 2.43. The van der Waals surface area contributed by atoms with Gasteiger partial charge in [0, 0.05) is 38.5 Å². The number of carbonyl (C=O) groups is 1. The maximum absolute atomic E-state index is 12.1. The third kappa shape index (κ3) is 5.42. The Morgan fingerprint density at radius 1 is 1.29 bits per heavy atom. The molecule has 0 aromatic rings.